The maximum absolute atomic E-state index is 13.5. The summed E-state index contributed by atoms with van der Waals surface area (Å²) in [6.45, 7) is -0.0968. The van der Waals surface area contributed by atoms with Crippen LogP contribution in [0.25, 0.3) is 0 Å². The van der Waals surface area contributed by atoms with Crippen molar-refractivity contribution in [3.05, 3.63) is 50.4 Å². The molecule has 9 heteroatoms. The summed E-state index contributed by atoms with van der Waals surface area (Å²) in [5, 5.41) is 12.2. The molecule has 2 rings (SSSR count). The summed E-state index contributed by atoms with van der Waals surface area (Å²) in [4.78, 5) is 26.1. The summed E-state index contributed by atoms with van der Waals surface area (Å²) >= 11 is 6.41. The van der Waals surface area contributed by atoms with Crippen molar-refractivity contribution in [2.24, 2.45) is 0 Å². The minimum Gasteiger partial charge on any atom is -0.476 e. The van der Waals surface area contributed by atoms with Crippen LogP contribution in [-0.4, -0.2) is 22.0 Å². The number of thiazole rings is 1. The Morgan fingerprint density at radius 2 is 2.05 bits per heavy atom. The van der Waals surface area contributed by atoms with E-state index in [9.17, 15) is 18.4 Å². The molecule has 2 aromatic rings. The van der Waals surface area contributed by atoms with Crippen LogP contribution >= 0.6 is 22.9 Å². The Kier molecular flexibility index (Phi) is 4.49. The number of amides is 1. The van der Waals surface area contributed by atoms with Crippen molar-refractivity contribution < 1.29 is 23.5 Å². The van der Waals surface area contributed by atoms with E-state index in [1.54, 1.807) is 0 Å². The third-order valence-electron chi connectivity index (χ3n) is 2.43. The molecule has 21 heavy (non-hydrogen) atoms. The summed E-state index contributed by atoms with van der Waals surface area (Å²) in [6, 6.07) is 1.40. The van der Waals surface area contributed by atoms with E-state index < -0.39 is 34.1 Å². The molecule has 110 valence electrons. The van der Waals surface area contributed by atoms with Gasteiger partial charge in [-0.25, -0.2) is 18.6 Å². The van der Waals surface area contributed by atoms with Crippen molar-refractivity contribution in [2.75, 3.05) is 0 Å². The molecule has 5 nitrogen and oxygen atoms in total. The Morgan fingerprint density at radius 1 is 1.33 bits per heavy atom. The minimum absolute atomic E-state index is 0.0968. The molecule has 2 N–H and O–H groups in total. The largest absolute Gasteiger partial charge is 0.476 e. The summed E-state index contributed by atoms with van der Waals surface area (Å²) in [5.74, 6) is -3.90. The van der Waals surface area contributed by atoms with Gasteiger partial charge in [-0.05, 0) is 12.1 Å². The lowest BCUT2D eigenvalue weighted by molar-refractivity contribution is 0.0691. The van der Waals surface area contributed by atoms with Gasteiger partial charge in [-0.2, -0.15) is 0 Å². The lowest BCUT2D eigenvalue weighted by Gasteiger charge is -2.05. The van der Waals surface area contributed by atoms with E-state index in [-0.39, 0.29) is 12.2 Å². The van der Waals surface area contributed by atoms with Crippen LogP contribution in [0.1, 0.15) is 25.9 Å². The fourth-order valence-corrected chi connectivity index (χ4v) is 2.30. The lowest BCUT2D eigenvalue weighted by atomic mass is 10.2. The highest BCUT2D eigenvalue weighted by atomic mass is 35.5. The van der Waals surface area contributed by atoms with Gasteiger partial charge >= 0.3 is 5.97 Å². The quantitative estimate of drug-likeness (QED) is 0.844. The van der Waals surface area contributed by atoms with Crippen molar-refractivity contribution >= 4 is 34.8 Å². The van der Waals surface area contributed by atoms with Gasteiger partial charge in [-0.3, -0.25) is 4.79 Å². The van der Waals surface area contributed by atoms with Crippen LogP contribution in [0.2, 0.25) is 5.02 Å². The van der Waals surface area contributed by atoms with Crippen molar-refractivity contribution in [3.63, 3.8) is 0 Å². The zero-order valence-corrected chi connectivity index (χ0v) is 11.8. The van der Waals surface area contributed by atoms with Crippen molar-refractivity contribution in [2.45, 2.75) is 6.54 Å². The molecular formula is C12H7ClF2N2O3S. The predicted octanol–water partition coefficient (Wildman–Crippen LogP) is 2.70. The highest BCUT2D eigenvalue weighted by molar-refractivity contribution is 7.09. The molecule has 0 aliphatic heterocycles. The molecule has 0 unspecified atom stereocenters. The van der Waals surface area contributed by atoms with Crippen LogP contribution < -0.4 is 5.32 Å². The summed E-state index contributed by atoms with van der Waals surface area (Å²) in [7, 11) is 0. The van der Waals surface area contributed by atoms with Crippen LogP contribution in [-0.2, 0) is 6.54 Å². The Morgan fingerprint density at radius 3 is 2.67 bits per heavy atom. The third-order valence-corrected chi connectivity index (χ3v) is 3.56. The van der Waals surface area contributed by atoms with Gasteiger partial charge in [0.25, 0.3) is 5.91 Å². The minimum atomic E-state index is -1.19. The monoisotopic (exact) mass is 332 g/mol. The molecule has 1 amide bonds. The lowest BCUT2D eigenvalue weighted by Crippen LogP contribution is -2.24. The summed E-state index contributed by atoms with van der Waals surface area (Å²) < 4.78 is 26.7. The van der Waals surface area contributed by atoms with Crippen LogP contribution in [0.4, 0.5) is 8.78 Å². The molecule has 0 aliphatic rings. The normalized spacial score (nSPS) is 10.4. The van der Waals surface area contributed by atoms with E-state index in [1.807, 2.05) is 0 Å². The maximum Gasteiger partial charge on any atom is 0.355 e. The van der Waals surface area contributed by atoms with E-state index >= 15 is 0 Å². The predicted molar refractivity (Wildman–Crippen MR) is 71.6 cm³/mol. The molecule has 0 saturated carbocycles. The molecule has 0 aliphatic carbocycles. The second-order valence-corrected chi connectivity index (χ2v) is 5.21. The molecule has 0 spiro atoms. The smallest absolute Gasteiger partial charge is 0.355 e. The number of aromatic nitrogens is 1. The van der Waals surface area contributed by atoms with Gasteiger partial charge in [0.1, 0.15) is 16.6 Å². The molecule has 1 heterocycles. The fourth-order valence-electron chi connectivity index (χ4n) is 1.44. The first-order valence-electron chi connectivity index (χ1n) is 5.49. The third kappa shape index (κ3) is 3.53. The van der Waals surface area contributed by atoms with E-state index in [0.717, 1.165) is 11.3 Å². The number of carbonyl (C=O) groups excluding carboxylic acids is 1. The SMILES string of the molecule is O=C(O)c1csc(CNC(=O)c2cc(F)c(Cl)cc2F)n1. The van der Waals surface area contributed by atoms with Crippen molar-refractivity contribution in [3.8, 4) is 0 Å². The molecule has 0 bridgehead atoms. The van der Waals surface area contributed by atoms with Gasteiger partial charge in [-0.1, -0.05) is 11.6 Å². The molecule has 1 aromatic carbocycles. The van der Waals surface area contributed by atoms with Gasteiger partial charge in [0.05, 0.1) is 17.1 Å². The highest BCUT2D eigenvalue weighted by Gasteiger charge is 2.16. The maximum atomic E-state index is 13.5. The van der Waals surface area contributed by atoms with Gasteiger partial charge < -0.3 is 10.4 Å². The van der Waals surface area contributed by atoms with Gasteiger partial charge in [0.15, 0.2) is 5.69 Å². The van der Waals surface area contributed by atoms with Crippen molar-refractivity contribution in [1.29, 1.82) is 0 Å². The second-order valence-electron chi connectivity index (χ2n) is 3.86. The zero-order chi connectivity index (χ0) is 15.6. The Labute approximate surface area is 126 Å². The van der Waals surface area contributed by atoms with Gasteiger partial charge in [0, 0.05) is 5.38 Å². The Balaban J connectivity index is 2.08. The second kappa shape index (κ2) is 6.15. The van der Waals surface area contributed by atoms with Crippen LogP contribution in [0.5, 0.6) is 0 Å². The molecule has 1 aromatic heterocycles. The number of carboxylic acids is 1. The number of carbonyl (C=O) groups is 2. The van der Waals surface area contributed by atoms with Gasteiger partial charge in [-0.15, -0.1) is 11.3 Å². The molecule has 0 radical (unpaired) electrons. The number of benzene rings is 1. The molecule has 0 atom stereocenters. The summed E-state index contributed by atoms with van der Waals surface area (Å²) in [6.07, 6.45) is 0. The number of hydrogen-bond donors (Lipinski definition) is 2. The molecule has 0 fully saturated rings. The van der Waals surface area contributed by atoms with Crippen LogP contribution in [0, 0.1) is 11.6 Å². The molecule has 0 saturated heterocycles. The van der Waals surface area contributed by atoms with E-state index in [2.05, 4.69) is 10.3 Å². The average molecular weight is 333 g/mol. The Bertz CT molecular complexity index is 721. The first-order chi connectivity index (χ1) is 9.88. The average Bonchev–Trinajstić information content (AvgIpc) is 2.89. The van der Waals surface area contributed by atoms with Crippen LogP contribution in [0.15, 0.2) is 17.5 Å². The number of rotatable bonds is 4. The number of hydrogen-bond acceptors (Lipinski definition) is 4. The van der Waals surface area contributed by atoms with E-state index in [1.165, 1.54) is 5.38 Å². The van der Waals surface area contributed by atoms with E-state index in [0.29, 0.717) is 17.1 Å². The fraction of sp³-hybridized carbons (Fsp3) is 0.0833. The number of halogens is 3. The molecular weight excluding hydrogens is 326 g/mol. The number of carboxylic acid groups (broad SMARTS) is 1. The first-order valence-corrected chi connectivity index (χ1v) is 6.74. The zero-order valence-electron chi connectivity index (χ0n) is 10.2. The number of nitrogens with one attached hydrogen (secondary N) is 1. The standard InChI is InChI=1S/C12H7ClF2N2O3S/c13-6-2-7(14)5(1-8(6)15)11(18)16-3-10-17-9(4-21-10)12(19)20/h1-2,4H,3H2,(H,16,18)(H,19,20). The summed E-state index contributed by atoms with van der Waals surface area (Å²) in [5.41, 5.74) is -0.639. The topological polar surface area (TPSA) is 79.3 Å². The highest BCUT2D eigenvalue weighted by Crippen LogP contribution is 2.19. The number of aromatic carboxylic acids is 1. The number of nitrogens with zero attached hydrogens (tertiary/aromatic N) is 1. The van der Waals surface area contributed by atoms with E-state index in [4.69, 9.17) is 16.7 Å². The van der Waals surface area contributed by atoms with Gasteiger partial charge in [0.2, 0.25) is 0 Å². The van der Waals surface area contributed by atoms with Crippen LogP contribution in [0.3, 0.4) is 0 Å². The Hall–Kier alpha value is -2.06. The van der Waals surface area contributed by atoms with Crippen molar-refractivity contribution in [1.82, 2.24) is 10.3 Å². The first kappa shape index (κ1) is 15.3.